The monoisotopic (exact) mass is 295 g/mol. The molecule has 0 spiro atoms. The fourth-order valence-corrected chi connectivity index (χ4v) is 2.74. The average molecular weight is 295 g/mol. The lowest BCUT2D eigenvalue weighted by Gasteiger charge is -2.41. The van der Waals surface area contributed by atoms with Crippen LogP contribution in [0.5, 0.6) is 0 Å². The highest BCUT2D eigenvalue weighted by molar-refractivity contribution is 5.92. The minimum absolute atomic E-state index is 0.0270. The van der Waals surface area contributed by atoms with E-state index in [9.17, 15) is 14.7 Å². The number of carbonyl (C=O) groups is 1. The lowest BCUT2D eigenvalue weighted by molar-refractivity contribution is 0.00868. The van der Waals surface area contributed by atoms with Crippen molar-refractivity contribution < 1.29 is 14.6 Å². The summed E-state index contributed by atoms with van der Waals surface area (Å²) in [6.07, 6.45) is 2.41. The van der Waals surface area contributed by atoms with Crippen molar-refractivity contribution in [3.8, 4) is 0 Å². The second-order valence-electron chi connectivity index (χ2n) is 5.54. The van der Waals surface area contributed by atoms with Crippen LogP contribution in [0.2, 0.25) is 0 Å². The van der Waals surface area contributed by atoms with Crippen molar-refractivity contribution in [1.82, 2.24) is 15.1 Å². The number of aromatic nitrogens is 2. The molecule has 7 heteroatoms. The van der Waals surface area contributed by atoms with E-state index in [0.717, 1.165) is 12.8 Å². The molecule has 1 aliphatic heterocycles. The molecule has 1 saturated heterocycles. The number of hydrogen-bond donors (Lipinski definition) is 2. The number of methoxy groups -OCH3 is 1. The van der Waals surface area contributed by atoms with Crippen molar-refractivity contribution in [3.05, 3.63) is 28.2 Å². The van der Waals surface area contributed by atoms with E-state index in [4.69, 9.17) is 4.74 Å². The number of piperidine rings is 1. The molecular weight excluding hydrogens is 274 g/mol. The SMILES string of the molecule is COCCC1(CO)CCCN(C(=O)c2ccc(=O)[nH]n2)C1. The van der Waals surface area contributed by atoms with E-state index in [-0.39, 0.29) is 29.2 Å². The number of aliphatic hydroxyl groups is 1. The molecule has 0 aromatic carbocycles. The molecule has 1 aromatic heterocycles. The lowest BCUT2D eigenvalue weighted by atomic mass is 9.78. The number of carbonyl (C=O) groups excluding carboxylic acids is 1. The third-order valence-electron chi connectivity index (χ3n) is 4.02. The van der Waals surface area contributed by atoms with Gasteiger partial charge >= 0.3 is 0 Å². The summed E-state index contributed by atoms with van der Waals surface area (Å²) in [4.78, 5) is 25.1. The Morgan fingerprint density at radius 3 is 3.00 bits per heavy atom. The Kier molecular flexibility index (Phi) is 5.08. The predicted molar refractivity (Wildman–Crippen MR) is 76.0 cm³/mol. The molecule has 1 fully saturated rings. The lowest BCUT2D eigenvalue weighted by Crippen LogP contribution is -2.48. The molecule has 2 N–H and O–H groups in total. The standard InChI is InChI=1S/C14H21N3O4/c1-21-8-6-14(10-18)5-2-7-17(9-14)13(20)11-3-4-12(19)16-15-11/h3-4,18H,2,5-10H2,1H3,(H,16,19). The number of amides is 1. The van der Waals surface area contributed by atoms with Crippen LogP contribution in [0.15, 0.2) is 16.9 Å². The first-order chi connectivity index (χ1) is 10.1. The summed E-state index contributed by atoms with van der Waals surface area (Å²) < 4.78 is 5.10. The van der Waals surface area contributed by atoms with Gasteiger partial charge in [-0.05, 0) is 25.3 Å². The molecule has 1 amide bonds. The first-order valence-corrected chi connectivity index (χ1v) is 7.05. The van der Waals surface area contributed by atoms with Crippen LogP contribution >= 0.6 is 0 Å². The van der Waals surface area contributed by atoms with E-state index in [1.807, 2.05) is 0 Å². The highest BCUT2D eigenvalue weighted by Crippen LogP contribution is 2.33. The number of H-pyrrole nitrogens is 1. The molecule has 2 heterocycles. The molecule has 2 rings (SSSR count). The fraction of sp³-hybridized carbons (Fsp3) is 0.643. The first kappa shape index (κ1) is 15.7. The molecule has 1 aliphatic rings. The molecule has 0 aliphatic carbocycles. The van der Waals surface area contributed by atoms with E-state index in [1.54, 1.807) is 12.0 Å². The molecule has 1 unspecified atom stereocenters. The molecule has 0 saturated carbocycles. The summed E-state index contributed by atoms with van der Waals surface area (Å²) in [5, 5.41) is 15.8. The van der Waals surface area contributed by atoms with Gasteiger partial charge in [0, 0.05) is 38.3 Å². The van der Waals surface area contributed by atoms with Gasteiger partial charge in [0.15, 0.2) is 0 Å². The molecule has 0 radical (unpaired) electrons. The maximum atomic E-state index is 12.4. The van der Waals surface area contributed by atoms with E-state index in [2.05, 4.69) is 10.2 Å². The van der Waals surface area contributed by atoms with E-state index in [0.29, 0.717) is 26.1 Å². The molecule has 21 heavy (non-hydrogen) atoms. The van der Waals surface area contributed by atoms with Gasteiger partial charge in [0.1, 0.15) is 5.69 Å². The van der Waals surface area contributed by atoms with E-state index in [1.165, 1.54) is 12.1 Å². The molecule has 116 valence electrons. The maximum absolute atomic E-state index is 12.4. The van der Waals surface area contributed by atoms with Gasteiger partial charge in [-0.15, -0.1) is 0 Å². The van der Waals surface area contributed by atoms with Crippen LogP contribution < -0.4 is 5.56 Å². The van der Waals surface area contributed by atoms with Gasteiger partial charge < -0.3 is 14.7 Å². The Bertz CT molecular complexity index is 525. The van der Waals surface area contributed by atoms with Crippen LogP contribution in [0, 0.1) is 5.41 Å². The number of rotatable bonds is 5. The van der Waals surface area contributed by atoms with Gasteiger partial charge in [-0.3, -0.25) is 9.59 Å². The zero-order valence-electron chi connectivity index (χ0n) is 12.2. The second kappa shape index (κ2) is 6.82. The fourth-order valence-electron chi connectivity index (χ4n) is 2.74. The van der Waals surface area contributed by atoms with Crippen molar-refractivity contribution in [3.63, 3.8) is 0 Å². The van der Waals surface area contributed by atoms with Gasteiger partial charge in [-0.2, -0.15) is 5.10 Å². The van der Waals surface area contributed by atoms with Crippen molar-refractivity contribution in [2.24, 2.45) is 5.41 Å². The van der Waals surface area contributed by atoms with Gasteiger partial charge in [0.25, 0.3) is 11.5 Å². The normalized spacial score (nSPS) is 22.3. The molecule has 1 aromatic rings. The number of nitrogens with one attached hydrogen (secondary N) is 1. The topological polar surface area (TPSA) is 95.5 Å². The third-order valence-corrected chi connectivity index (χ3v) is 4.02. The van der Waals surface area contributed by atoms with E-state index >= 15 is 0 Å². The van der Waals surface area contributed by atoms with Crippen LogP contribution in [-0.4, -0.2) is 59.5 Å². The quantitative estimate of drug-likeness (QED) is 0.798. The summed E-state index contributed by atoms with van der Waals surface area (Å²) in [5.41, 5.74) is -0.434. The molecular formula is C14H21N3O4. The van der Waals surface area contributed by atoms with Gasteiger partial charge in [-0.25, -0.2) is 5.10 Å². The number of hydrogen-bond acceptors (Lipinski definition) is 5. The van der Waals surface area contributed by atoms with Gasteiger partial charge in [-0.1, -0.05) is 0 Å². The van der Waals surface area contributed by atoms with Crippen molar-refractivity contribution in [1.29, 1.82) is 0 Å². The summed E-state index contributed by atoms with van der Waals surface area (Å²) in [7, 11) is 1.63. The Hall–Kier alpha value is -1.73. The Balaban J connectivity index is 2.10. The van der Waals surface area contributed by atoms with Crippen molar-refractivity contribution >= 4 is 5.91 Å². The van der Waals surface area contributed by atoms with Crippen LogP contribution in [0.25, 0.3) is 0 Å². The molecule has 7 nitrogen and oxygen atoms in total. The van der Waals surface area contributed by atoms with Crippen molar-refractivity contribution in [2.75, 3.05) is 33.4 Å². The van der Waals surface area contributed by atoms with Crippen molar-refractivity contribution in [2.45, 2.75) is 19.3 Å². The number of likely N-dealkylation sites (tertiary alicyclic amines) is 1. The first-order valence-electron chi connectivity index (χ1n) is 7.05. The van der Waals surface area contributed by atoms with Gasteiger partial charge in [0.2, 0.25) is 0 Å². The zero-order chi connectivity index (χ0) is 15.3. The average Bonchev–Trinajstić information content (AvgIpc) is 2.53. The summed E-state index contributed by atoms with van der Waals surface area (Å²) in [6.45, 7) is 1.69. The van der Waals surface area contributed by atoms with Crippen LogP contribution in [0.3, 0.4) is 0 Å². The summed E-state index contributed by atoms with van der Waals surface area (Å²) in [6, 6.07) is 2.71. The Labute approximate surface area is 122 Å². The summed E-state index contributed by atoms with van der Waals surface area (Å²) >= 11 is 0. The minimum atomic E-state index is -0.338. The third kappa shape index (κ3) is 3.68. The summed E-state index contributed by atoms with van der Waals surface area (Å²) in [5.74, 6) is -0.221. The minimum Gasteiger partial charge on any atom is -0.396 e. The second-order valence-corrected chi connectivity index (χ2v) is 5.54. The number of ether oxygens (including phenoxy) is 1. The molecule has 0 bridgehead atoms. The van der Waals surface area contributed by atoms with E-state index < -0.39 is 0 Å². The van der Waals surface area contributed by atoms with Gasteiger partial charge in [0.05, 0.1) is 6.61 Å². The molecule has 1 atom stereocenters. The largest absolute Gasteiger partial charge is 0.396 e. The van der Waals surface area contributed by atoms with Crippen LogP contribution in [0.1, 0.15) is 29.8 Å². The Morgan fingerprint density at radius 2 is 2.38 bits per heavy atom. The maximum Gasteiger partial charge on any atom is 0.274 e. The zero-order valence-corrected chi connectivity index (χ0v) is 12.2. The predicted octanol–water partition coefficient (Wildman–Crippen LogP) is 0.0211. The number of aliphatic hydroxyl groups excluding tert-OH is 1. The van der Waals surface area contributed by atoms with Crippen LogP contribution in [0.4, 0.5) is 0 Å². The smallest absolute Gasteiger partial charge is 0.274 e. The number of aromatic amines is 1. The number of nitrogens with zero attached hydrogens (tertiary/aromatic N) is 2. The Morgan fingerprint density at radius 1 is 1.57 bits per heavy atom. The van der Waals surface area contributed by atoms with Crippen LogP contribution in [-0.2, 0) is 4.74 Å². The highest BCUT2D eigenvalue weighted by atomic mass is 16.5. The highest BCUT2D eigenvalue weighted by Gasteiger charge is 2.36.